The van der Waals surface area contributed by atoms with Gasteiger partial charge in [0.2, 0.25) is 0 Å². The average Bonchev–Trinajstić information content (AvgIpc) is 2.62. The molecular formula is C12H24N2O2. The zero-order valence-corrected chi connectivity index (χ0v) is 10.7. The fourth-order valence-electron chi connectivity index (χ4n) is 1.76. The van der Waals surface area contributed by atoms with Gasteiger partial charge in [0.05, 0.1) is 19.4 Å². The first-order chi connectivity index (χ1) is 7.79. The van der Waals surface area contributed by atoms with Gasteiger partial charge in [-0.15, -0.1) is 0 Å². The molecule has 0 aromatic rings. The highest BCUT2D eigenvalue weighted by Crippen LogP contribution is 2.14. The minimum Gasteiger partial charge on any atom is -0.380 e. The third-order valence-electron chi connectivity index (χ3n) is 2.81. The molecule has 1 rings (SSSR count). The van der Waals surface area contributed by atoms with Crippen molar-refractivity contribution in [1.29, 1.82) is 0 Å². The predicted molar refractivity (Wildman–Crippen MR) is 65.0 cm³/mol. The lowest BCUT2D eigenvalue weighted by molar-refractivity contribution is 0.0766. The van der Waals surface area contributed by atoms with E-state index in [0.29, 0.717) is 6.17 Å². The van der Waals surface area contributed by atoms with Crippen molar-refractivity contribution in [1.82, 2.24) is 9.80 Å². The van der Waals surface area contributed by atoms with Crippen LogP contribution in [0, 0.1) is 0 Å². The molecule has 0 atom stereocenters. The Morgan fingerprint density at radius 2 is 1.38 bits per heavy atom. The van der Waals surface area contributed by atoms with Crippen LogP contribution in [-0.4, -0.2) is 55.5 Å². The van der Waals surface area contributed by atoms with E-state index in [2.05, 4.69) is 29.1 Å². The van der Waals surface area contributed by atoms with Gasteiger partial charge in [0, 0.05) is 38.7 Å². The predicted octanol–water partition coefficient (Wildman–Crippen LogP) is 1.49. The second kappa shape index (κ2) is 7.52. The van der Waals surface area contributed by atoms with Crippen molar-refractivity contribution in [3.05, 3.63) is 12.4 Å². The van der Waals surface area contributed by atoms with E-state index in [1.165, 1.54) is 0 Å². The molecule has 0 amide bonds. The zero-order valence-electron chi connectivity index (χ0n) is 10.7. The Kier molecular flexibility index (Phi) is 6.26. The lowest BCUT2D eigenvalue weighted by Crippen LogP contribution is -2.39. The highest BCUT2D eigenvalue weighted by molar-refractivity contribution is 4.95. The van der Waals surface area contributed by atoms with Crippen molar-refractivity contribution in [3.8, 4) is 0 Å². The summed E-state index contributed by atoms with van der Waals surface area (Å²) in [6, 6.07) is 0. The van der Waals surface area contributed by atoms with Crippen LogP contribution >= 0.6 is 0 Å². The first-order valence-corrected chi connectivity index (χ1v) is 6.14. The number of rotatable bonds is 8. The van der Waals surface area contributed by atoms with Crippen molar-refractivity contribution in [3.63, 3.8) is 0 Å². The molecule has 0 N–H and O–H groups in total. The van der Waals surface area contributed by atoms with Crippen LogP contribution in [0.5, 0.6) is 0 Å². The molecule has 4 heteroatoms. The molecule has 0 unspecified atom stereocenters. The van der Waals surface area contributed by atoms with E-state index in [0.717, 1.165) is 39.5 Å². The molecule has 0 radical (unpaired) electrons. The fraction of sp³-hybridized carbons (Fsp3) is 0.833. The van der Waals surface area contributed by atoms with Crippen LogP contribution in [0.25, 0.3) is 0 Å². The lowest BCUT2D eigenvalue weighted by Gasteiger charge is -2.29. The zero-order chi connectivity index (χ0) is 11.8. The van der Waals surface area contributed by atoms with Crippen molar-refractivity contribution in [2.45, 2.75) is 26.9 Å². The van der Waals surface area contributed by atoms with Crippen molar-refractivity contribution < 1.29 is 9.47 Å². The molecule has 1 aliphatic rings. The molecule has 0 aromatic carbocycles. The quantitative estimate of drug-likeness (QED) is 0.588. The Balaban J connectivity index is 2.20. The van der Waals surface area contributed by atoms with Crippen LogP contribution in [0.4, 0.5) is 0 Å². The smallest absolute Gasteiger partial charge is 0.0979 e. The van der Waals surface area contributed by atoms with Crippen molar-refractivity contribution in [2.24, 2.45) is 0 Å². The minimum atomic E-state index is 0.418. The summed E-state index contributed by atoms with van der Waals surface area (Å²) in [5.41, 5.74) is 0. The highest BCUT2D eigenvalue weighted by Gasteiger charge is 2.20. The van der Waals surface area contributed by atoms with Crippen LogP contribution in [-0.2, 0) is 9.47 Å². The molecular weight excluding hydrogens is 204 g/mol. The first kappa shape index (κ1) is 13.3. The van der Waals surface area contributed by atoms with Gasteiger partial charge in [0.1, 0.15) is 0 Å². The van der Waals surface area contributed by atoms with Crippen LogP contribution in [0.3, 0.4) is 0 Å². The second-order valence-corrected chi connectivity index (χ2v) is 3.80. The van der Waals surface area contributed by atoms with Gasteiger partial charge in [-0.3, -0.25) is 0 Å². The standard InChI is InChI=1S/C12H24N2O2/c1-4-15-10-8-13-6-7-14(12(13)3)9-11-16-5-2/h6-7,12H,4-5,8-11H2,1-3H3. The molecule has 94 valence electrons. The Labute approximate surface area is 98.8 Å². The molecule has 4 nitrogen and oxygen atoms in total. The lowest BCUT2D eigenvalue weighted by atomic mass is 10.4. The molecule has 0 aromatic heterocycles. The fourth-order valence-corrected chi connectivity index (χ4v) is 1.76. The maximum Gasteiger partial charge on any atom is 0.0979 e. The van der Waals surface area contributed by atoms with E-state index >= 15 is 0 Å². The van der Waals surface area contributed by atoms with Crippen LogP contribution in [0.2, 0.25) is 0 Å². The summed E-state index contributed by atoms with van der Waals surface area (Å²) in [6.07, 6.45) is 4.69. The largest absolute Gasteiger partial charge is 0.380 e. The van der Waals surface area contributed by atoms with Gasteiger partial charge in [-0.2, -0.15) is 0 Å². The molecule has 0 bridgehead atoms. The first-order valence-electron chi connectivity index (χ1n) is 6.14. The average molecular weight is 228 g/mol. The second-order valence-electron chi connectivity index (χ2n) is 3.80. The van der Waals surface area contributed by atoms with Crippen LogP contribution in [0.1, 0.15) is 20.8 Å². The molecule has 16 heavy (non-hydrogen) atoms. The van der Waals surface area contributed by atoms with Gasteiger partial charge in [0.15, 0.2) is 0 Å². The minimum absolute atomic E-state index is 0.418. The summed E-state index contributed by atoms with van der Waals surface area (Å²) < 4.78 is 10.7. The summed E-state index contributed by atoms with van der Waals surface area (Å²) in [6.45, 7) is 11.3. The summed E-state index contributed by atoms with van der Waals surface area (Å²) in [7, 11) is 0. The summed E-state index contributed by atoms with van der Waals surface area (Å²) >= 11 is 0. The van der Waals surface area contributed by atoms with Gasteiger partial charge in [-0.25, -0.2) is 0 Å². The molecule has 0 saturated heterocycles. The Morgan fingerprint density at radius 1 is 0.938 bits per heavy atom. The molecule has 1 heterocycles. The van der Waals surface area contributed by atoms with E-state index in [-0.39, 0.29) is 0 Å². The van der Waals surface area contributed by atoms with Crippen molar-refractivity contribution in [2.75, 3.05) is 39.5 Å². The van der Waals surface area contributed by atoms with E-state index in [9.17, 15) is 0 Å². The van der Waals surface area contributed by atoms with Gasteiger partial charge >= 0.3 is 0 Å². The van der Waals surface area contributed by atoms with E-state index in [1.54, 1.807) is 0 Å². The topological polar surface area (TPSA) is 24.9 Å². The maximum atomic E-state index is 5.36. The SMILES string of the molecule is CCOCCN1C=CN(CCOCC)C1C. The van der Waals surface area contributed by atoms with Gasteiger partial charge in [0.25, 0.3) is 0 Å². The number of hydrogen-bond donors (Lipinski definition) is 0. The summed E-state index contributed by atoms with van der Waals surface area (Å²) in [4.78, 5) is 4.59. The van der Waals surface area contributed by atoms with E-state index < -0.39 is 0 Å². The Morgan fingerprint density at radius 3 is 1.75 bits per heavy atom. The summed E-state index contributed by atoms with van der Waals surface area (Å²) in [5, 5.41) is 0. The number of nitrogens with zero attached hydrogens (tertiary/aromatic N) is 2. The molecule has 0 spiro atoms. The van der Waals surface area contributed by atoms with Gasteiger partial charge in [-0.1, -0.05) is 0 Å². The van der Waals surface area contributed by atoms with Gasteiger partial charge < -0.3 is 19.3 Å². The van der Waals surface area contributed by atoms with Crippen LogP contribution in [0.15, 0.2) is 12.4 Å². The molecule has 0 saturated carbocycles. The Hall–Kier alpha value is -0.740. The summed E-state index contributed by atoms with van der Waals surface area (Å²) in [5.74, 6) is 0. The number of ether oxygens (including phenoxy) is 2. The normalized spacial score (nSPS) is 16.4. The van der Waals surface area contributed by atoms with Gasteiger partial charge in [-0.05, 0) is 20.8 Å². The monoisotopic (exact) mass is 228 g/mol. The van der Waals surface area contributed by atoms with Crippen molar-refractivity contribution >= 4 is 0 Å². The number of hydrogen-bond acceptors (Lipinski definition) is 4. The molecule has 0 fully saturated rings. The molecule has 0 aliphatic carbocycles. The maximum absolute atomic E-state index is 5.36. The van der Waals surface area contributed by atoms with E-state index in [1.807, 2.05) is 13.8 Å². The third-order valence-corrected chi connectivity index (χ3v) is 2.81. The highest BCUT2D eigenvalue weighted by atomic mass is 16.5. The van der Waals surface area contributed by atoms with E-state index in [4.69, 9.17) is 9.47 Å². The Bertz CT molecular complexity index is 189. The third kappa shape index (κ3) is 4.02. The molecule has 1 aliphatic heterocycles. The van der Waals surface area contributed by atoms with Crippen LogP contribution < -0.4 is 0 Å².